The number of hydrogen-bond donors (Lipinski definition) is 0. The highest BCUT2D eigenvalue weighted by Gasteiger charge is 2.39. The molecule has 108 valence electrons. The Labute approximate surface area is 102 Å². The highest BCUT2D eigenvalue weighted by molar-refractivity contribution is 7.48. The van der Waals surface area contributed by atoms with Gasteiger partial charge in [0, 0.05) is 0 Å². The summed E-state index contributed by atoms with van der Waals surface area (Å²) in [4.78, 5) is 0. The summed E-state index contributed by atoms with van der Waals surface area (Å²) in [6.07, 6.45) is -7.28. The number of benzene rings is 1. The zero-order valence-corrected chi connectivity index (χ0v) is 9.63. The Morgan fingerprint density at radius 3 is 2.32 bits per heavy atom. The van der Waals surface area contributed by atoms with Gasteiger partial charge in [0.15, 0.2) is 11.6 Å². The smallest absolute Gasteiger partial charge is 0.399 e. The molecule has 0 bridgehead atoms. The maximum atomic E-state index is 13.1. The van der Waals surface area contributed by atoms with Gasteiger partial charge in [-0.2, -0.15) is 4.39 Å². The van der Waals surface area contributed by atoms with Crippen LogP contribution in [0.3, 0.4) is 0 Å². The van der Waals surface area contributed by atoms with Crippen LogP contribution in [-0.2, 0) is 13.8 Å². The zero-order chi connectivity index (χ0) is 14.6. The lowest BCUT2D eigenvalue weighted by molar-refractivity contribution is -0.112. The molecule has 0 fully saturated rings. The molecule has 0 aliphatic carbocycles. The van der Waals surface area contributed by atoms with Crippen LogP contribution < -0.4 is 4.52 Å². The lowest BCUT2D eigenvalue weighted by Crippen LogP contribution is -2.16. The summed E-state index contributed by atoms with van der Waals surface area (Å²) >= 11 is 0. The third kappa shape index (κ3) is 4.12. The van der Waals surface area contributed by atoms with Crippen LogP contribution in [0.4, 0.5) is 26.5 Å². The van der Waals surface area contributed by atoms with Gasteiger partial charge in [0.1, 0.15) is 0 Å². The van der Waals surface area contributed by atoms with Crippen molar-refractivity contribution in [1.29, 1.82) is 0 Å². The molecule has 19 heavy (non-hydrogen) atoms. The summed E-state index contributed by atoms with van der Waals surface area (Å²) in [6.45, 7) is 0. The molecule has 0 radical (unpaired) electrons. The van der Waals surface area contributed by atoms with Crippen LogP contribution in [0.15, 0.2) is 18.2 Å². The molecule has 0 aliphatic rings. The van der Waals surface area contributed by atoms with Crippen molar-refractivity contribution < 1.29 is 44.8 Å². The van der Waals surface area contributed by atoms with E-state index in [2.05, 4.69) is 13.8 Å². The molecule has 0 spiro atoms. The van der Waals surface area contributed by atoms with Crippen molar-refractivity contribution in [2.45, 2.75) is 12.8 Å². The summed E-state index contributed by atoms with van der Waals surface area (Å²) in [6, 6.07) is 2.18. The van der Waals surface area contributed by atoms with Crippen LogP contribution in [0.2, 0.25) is 0 Å². The van der Waals surface area contributed by atoms with Crippen LogP contribution in [0.5, 0.6) is 5.75 Å². The van der Waals surface area contributed by atoms with Crippen LogP contribution in [-0.4, -0.2) is 12.8 Å². The van der Waals surface area contributed by atoms with Crippen LogP contribution in [0.25, 0.3) is 0 Å². The Hall–Kier alpha value is -1.25. The van der Waals surface area contributed by atoms with Gasteiger partial charge in [0.2, 0.25) is 5.82 Å². The summed E-state index contributed by atoms with van der Waals surface area (Å²) in [5, 5.41) is 0. The first kappa shape index (κ1) is 15.8. The molecule has 0 heterocycles. The highest BCUT2D eigenvalue weighted by atomic mass is 31.2. The summed E-state index contributed by atoms with van der Waals surface area (Å²) < 4.78 is 94.9. The number of rotatable bonds is 6. The number of phosphoric acid groups is 1. The maximum Gasteiger partial charge on any atom is 0.564 e. The fourth-order valence-electron chi connectivity index (χ4n) is 0.896. The standard InChI is InChI=1S/C8H5F6O4P/c9-4-2-1-3-5(6(4)10)16-19(15,18-14)17-8(13)7(11)12/h1-3,7-8H. The molecule has 0 amide bonds. The molecule has 0 saturated carbocycles. The van der Waals surface area contributed by atoms with Gasteiger partial charge in [-0.15, -0.1) is 0 Å². The third-order valence-electron chi connectivity index (χ3n) is 1.64. The molecule has 0 N–H and O–H groups in total. The highest BCUT2D eigenvalue weighted by Crippen LogP contribution is 2.52. The quantitative estimate of drug-likeness (QED) is 0.590. The topological polar surface area (TPSA) is 44.8 Å². The maximum absolute atomic E-state index is 13.1. The van der Waals surface area contributed by atoms with Crippen molar-refractivity contribution in [2.75, 3.05) is 0 Å². The largest absolute Gasteiger partial charge is 0.564 e. The Bertz CT molecular complexity index is 484. The predicted molar refractivity (Wildman–Crippen MR) is 48.8 cm³/mol. The lowest BCUT2D eigenvalue weighted by atomic mass is 10.3. The van der Waals surface area contributed by atoms with Crippen LogP contribution in [0, 0.1) is 11.6 Å². The minimum atomic E-state index is -5.51. The number of alkyl halides is 3. The van der Waals surface area contributed by atoms with E-state index in [0.717, 1.165) is 6.07 Å². The van der Waals surface area contributed by atoms with E-state index in [9.17, 15) is 31.0 Å². The first-order chi connectivity index (χ1) is 8.79. The van der Waals surface area contributed by atoms with Crippen molar-refractivity contribution in [2.24, 2.45) is 0 Å². The molecule has 11 heteroatoms. The van der Waals surface area contributed by atoms with E-state index >= 15 is 0 Å². The molecule has 0 aromatic heterocycles. The SMILES string of the molecule is O=P(OF)(Oc1cccc(F)c1F)OC(F)C(F)F. The Kier molecular flexibility index (Phi) is 5.21. The third-order valence-corrected chi connectivity index (χ3v) is 2.69. The van der Waals surface area contributed by atoms with E-state index in [4.69, 9.17) is 0 Å². The molecule has 1 aromatic rings. The molecule has 1 rings (SSSR count). The number of hydrogen-bond acceptors (Lipinski definition) is 4. The second-order valence-electron chi connectivity index (χ2n) is 2.95. The second kappa shape index (κ2) is 6.27. The van der Waals surface area contributed by atoms with E-state index in [0.29, 0.717) is 12.1 Å². The average molecular weight is 310 g/mol. The lowest BCUT2D eigenvalue weighted by Gasteiger charge is -2.16. The fraction of sp³-hybridized carbons (Fsp3) is 0.250. The first-order valence-electron chi connectivity index (χ1n) is 4.43. The van der Waals surface area contributed by atoms with E-state index in [1.807, 2.05) is 0 Å². The Morgan fingerprint density at radius 2 is 1.79 bits per heavy atom. The zero-order valence-electron chi connectivity index (χ0n) is 8.73. The van der Waals surface area contributed by atoms with Gasteiger partial charge in [0.05, 0.1) is 0 Å². The van der Waals surface area contributed by atoms with E-state index in [1.165, 1.54) is 0 Å². The van der Waals surface area contributed by atoms with Crippen molar-refractivity contribution >= 4 is 7.82 Å². The molecule has 1 aromatic carbocycles. The van der Waals surface area contributed by atoms with Gasteiger partial charge in [-0.25, -0.2) is 26.7 Å². The van der Waals surface area contributed by atoms with Gasteiger partial charge in [-0.1, -0.05) is 10.8 Å². The molecule has 0 aliphatic heterocycles. The number of phosphoric ester groups is 1. The molecule has 4 nitrogen and oxygen atoms in total. The normalized spacial score (nSPS) is 16.2. The van der Waals surface area contributed by atoms with Gasteiger partial charge >= 0.3 is 7.82 Å². The average Bonchev–Trinajstić information content (AvgIpc) is 2.35. The molecular weight excluding hydrogens is 305 g/mol. The Balaban J connectivity index is 2.92. The molecule has 0 saturated heterocycles. The van der Waals surface area contributed by atoms with Crippen molar-refractivity contribution in [3.8, 4) is 5.75 Å². The van der Waals surface area contributed by atoms with Gasteiger partial charge in [-0.05, 0) is 16.7 Å². The van der Waals surface area contributed by atoms with Crippen LogP contribution in [0.1, 0.15) is 0 Å². The van der Waals surface area contributed by atoms with Gasteiger partial charge < -0.3 is 4.52 Å². The second-order valence-corrected chi connectivity index (χ2v) is 4.38. The number of halogens is 6. The van der Waals surface area contributed by atoms with Crippen molar-refractivity contribution in [3.63, 3.8) is 0 Å². The fourth-order valence-corrected chi connectivity index (χ4v) is 1.72. The van der Waals surface area contributed by atoms with Crippen molar-refractivity contribution in [3.05, 3.63) is 29.8 Å². The van der Waals surface area contributed by atoms with Gasteiger partial charge in [-0.3, -0.25) is 0 Å². The van der Waals surface area contributed by atoms with Crippen LogP contribution >= 0.6 is 7.82 Å². The van der Waals surface area contributed by atoms with E-state index < -0.39 is 38.0 Å². The molecular formula is C8H5F6O4P. The monoisotopic (exact) mass is 310 g/mol. The first-order valence-corrected chi connectivity index (χ1v) is 5.89. The van der Waals surface area contributed by atoms with E-state index in [1.54, 1.807) is 0 Å². The summed E-state index contributed by atoms with van der Waals surface area (Å²) in [5.74, 6) is -4.34. The van der Waals surface area contributed by atoms with Gasteiger partial charge in [0.25, 0.3) is 12.8 Å². The predicted octanol–water partition coefficient (Wildman–Crippen LogP) is 3.93. The summed E-state index contributed by atoms with van der Waals surface area (Å²) in [7, 11) is -5.51. The van der Waals surface area contributed by atoms with Crippen molar-refractivity contribution in [1.82, 2.24) is 0 Å². The minimum Gasteiger partial charge on any atom is -0.399 e. The minimum absolute atomic E-state index is 0.640. The van der Waals surface area contributed by atoms with E-state index in [-0.39, 0.29) is 0 Å². The molecule has 2 atom stereocenters. The Morgan fingerprint density at radius 1 is 1.16 bits per heavy atom. The summed E-state index contributed by atoms with van der Waals surface area (Å²) in [5.41, 5.74) is 0. The molecule has 2 unspecified atom stereocenters.